The lowest BCUT2D eigenvalue weighted by Gasteiger charge is -2.27. The topological polar surface area (TPSA) is 75.4 Å². The Morgan fingerprint density at radius 2 is 1.95 bits per heavy atom. The van der Waals surface area contributed by atoms with E-state index in [1.807, 2.05) is 30.3 Å². The molecule has 20 heavy (non-hydrogen) atoms. The van der Waals surface area contributed by atoms with Crippen LogP contribution in [0.15, 0.2) is 30.3 Å². The fourth-order valence-corrected chi connectivity index (χ4v) is 2.88. The van der Waals surface area contributed by atoms with E-state index in [1.54, 1.807) is 0 Å². The number of hydrogen-bond donors (Lipinski definition) is 3. The lowest BCUT2D eigenvalue weighted by molar-refractivity contribution is -0.123. The summed E-state index contributed by atoms with van der Waals surface area (Å²) in [4.78, 5) is 12.0. The first kappa shape index (κ1) is 15.0. The Balaban J connectivity index is 1.82. The number of amides is 1. The molecule has 0 bridgehead atoms. The van der Waals surface area contributed by atoms with Crippen LogP contribution in [0.3, 0.4) is 0 Å². The van der Waals surface area contributed by atoms with Crippen LogP contribution in [0, 0.1) is 5.41 Å². The minimum atomic E-state index is -0.533. The van der Waals surface area contributed by atoms with Gasteiger partial charge in [-0.1, -0.05) is 43.2 Å². The number of carbonyl (C=O) groups is 1. The van der Waals surface area contributed by atoms with Crippen molar-refractivity contribution in [3.63, 3.8) is 0 Å². The molecule has 1 aromatic rings. The number of aliphatic hydroxyl groups excluding tert-OH is 1. The van der Waals surface area contributed by atoms with Crippen molar-refractivity contribution in [3.8, 4) is 0 Å². The van der Waals surface area contributed by atoms with E-state index in [9.17, 15) is 9.90 Å². The van der Waals surface area contributed by atoms with E-state index in [0.29, 0.717) is 13.0 Å². The van der Waals surface area contributed by atoms with Crippen LogP contribution in [-0.2, 0) is 11.2 Å². The van der Waals surface area contributed by atoms with E-state index >= 15 is 0 Å². The van der Waals surface area contributed by atoms with E-state index in [2.05, 4.69) is 5.32 Å². The maximum absolute atomic E-state index is 12.0. The van der Waals surface area contributed by atoms with Crippen LogP contribution < -0.4 is 11.1 Å². The van der Waals surface area contributed by atoms with Gasteiger partial charge in [-0.2, -0.15) is 0 Å². The van der Waals surface area contributed by atoms with Gasteiger partial charge in [0.15, 0.2) is 0 Å². The van der Waals surface area contributed by atoms with Gasteiger partial charge in [0.2, 0.25) is 5.91 Å². The lowest BCUT2D eigenvalue weighted by Crippen LogP contribution is -2.46. The molecule has 0 unspecified atom stereocenters. The van der Waals surface area contributed by atoms with E-state index in [4.69, 9.17) is 5.73 Å². The fourth-order valence-electron chi connectivity index (χ4n) is 2.88. The molecule has 4 N–H and O–H groups in total. The molecule has 1 amide bonds. The summed E-state index contributed by atoms with van der Waals surface area (Å²) in [7, 11) is 0. The second-order valence-corrected chi connectivity index (χ2v) is 5.88. The van der Waals surface area contributed by atoms with Gasteiger partial charge < -0.3 is 16.2 Å². The third-order valence-electron chi connectivity index (χ3n) is 4.27. The van der Waals surface area contributed by atoms with Crippen LogP contribution in [0.5, 0.6) is 0 Å². The quantitative estimate of drug-likeness (QED) is 0.731. The van der Waals surface area contributed by atoms with Crippen molar-refractivity contribution in [1.29, 1.82) is 0 Å². The molecular weight excluding hydrogens is 252 g/mol. The molecule has 1 saturated carbocycles. The second-order valence-electron chi connectivity index (χ2n) is 5.88. The first-order valence-corrected chi connectivity index (χ1v) is 7.33. The molecule has 0 heterocycles. The minimum absolute atomic E-state index is 0.123. The molecule has 0 saturated heterocycles. The van der Waals surface area contributed by atoms with Crippen molar-refractivity contribution >= 4 is 5.91 Å². The van der Waals surface area contributed by atoms with Gasteiger partial charge >= 0.3 is 0 Å². The average molecular weight is 276 g/mol. The van der Waals surface area contributed by atoms with Gasteiger partial charge in [0, 0.05) is 12.0 Å². The van der Waals surface area contributed by atoms with Gasteiger partial charge in [0.05, 0.1) is 12.6 Å². The summed E-state index contributed by atoms with van der Waals surface area (Å²) in [6.07, 6.45) is 4.77. The first-order valence-electron chi connectivity index (χ1n) is 7.33. The fraction of sp³-hybridized carbons (Fsp3) is 0.562. The lowest BCUT2D eigenvalue weighted by atomic mass is 9.87. The molecule has 0 radical (unpaired) electrons. The Kier molecular flexibility index (Phi) is 5.15. The van der Waals surface area contributed by atoms with Crippen LogP contribution in [0.2, 0.25) is 0 Å². The Hall–Kier alpha value is -1.39. The van der Waals surface area contributed by atoms with Crippen molar-refractivity contribution in [2.45, 2.75) is 38.1 Å². The third kappa shape index (κ3) is 3.81. The highest BCUT2D eigenvalue weighted by Crippen LogP contribution is 2.36. The Morgan fingerprint density at radius 1 is 1.30 bits per heavy atom. The van der Waals surface area contributed by atoms with E-state index < -0.39 is 6.04 Å². The molecule has 2 rings (SSSR count). The van der Waals surface area contributed by atoms with Crippen molar-refractivity contribution in [1.82, 2.24) is 5.32 Å². The number of aliphatic hydroxyl groups is 1. The van der Waals surface area contributed by atoms with E-state index in [1.165, 1.54) is 0 Å². The molecule has 4 nitrogen and oxygen atoms in total. The zero-order chi connectivity index (χ0) is 14.4. The van der Waals surface area contributed by atoms with Gasteiger partial charge in [0.1, 0.15) is 0 Å². The average Bonchev–Trinajstić information content (AvgIpc) is 2.95. The van der Waals surface area contributed by atoms with E-state index in [0.717, 1.165) is 31.2 Å². The number of hydrogen-bond acceptors (Lipinski definition) is 3. The zero-order valence-corrected chi connectivity index (χ0v) is 11.8. The molecule has 1 fully saturated rings. The minimum Gasteiger partial charge on any atom is -0.396 e. The maximum atomic E-state index is 12.0. The Morgan fingerprint density at radius 3 is 2.55 bits per heavy atom. The molecule has 0 aromatic heterocycles. The van der Waals surface area contributed by atoms with Crippen LogP contribution in [0.1, 0.15) is 31.2 Å². The molecule has 0 spiro atoms. The summed E-state index contributed by atoms with van der Waals surface area (Å²) >= 11 is 0. The zero-order valence-electron chi connectivity index (χ0n) is 11.8. The number of nitrogens with two attached hydrogens (primary N) is 1. The highest BCUT2D eigenvalue weighted by Gasteiger charge is 2.33. The molecular formula is C16H24N2O2. The predicted octanol–water partition coefficient (Wildman–Crippen LogP) is 1.23. The van der Waals surface area contributed by atoms with Crippen LogP contribution >= 0.6 is 0 Å². The molecule has 1 aliphatic rings. The van der Waals surface area contributed by atoms with Crippen LogP contribution in [0.4, 0.5) is 0 Å². The smallest absolute Gasteiger partial charge is 0.237 e. The van der Waals surface area contributed by atoms with Crippen molar-refractivity contribution in [2.24, 2.45) is 11.1 Å². The van der Waals surface area contributed by atoms with Crippen molar-refractivity contribution in [2.75, 3.05) is 13.2 Å². The van der Waals surface area contributed by atoms with Gasteiger partial charge in [-0.05, 0) is 24.8 Å². The highest BCUT2D eigenvalue weighted by molar-refractivity contribution is 5.81. The van der Waals surface area contributed by atoms with Gasteiger partial charge in [-0.25, -0.2) is 0 Å². The standard InChI is InChI=1S/C16H24N2O2/c17-14(10-13-6-2-1-3-7-13)15(20)18-11-16(12-19)8-4-5-9-16/h1-3,6-7,14,19H,4-5,8-12,17H2,(H,18,20)/t14-/m0/s1. The molecule has 1 atom stereocenters. The summed E-state index contributed by atoms with van der Waals surface area (Å²) < 4.78 is 0. The maximum Gasteiger partial charge on any atom is 0.237 e. The molecule has 1 aromatic carbocycles. The number of benzene rings is 1. The molecule has 1 aliphatic carbocycles. The third-order valence-corrected chi connectivity index (χ3v) is 4.27. The Bertz CT molecular complexity index is 427. The van der Waals surface area contributed by atoms with Crippen LogP contribution in [-0.4, -0.2) is 30.2 Å². The predicted molar refractivity (Wildman–Crippen MR) is 79.1 cm³/mol. The van der Waals surface area contributed by atoms with Crippen molar-refractivity contribution < 1.29 is 9.90 Å². The van der Waals surface area contributed by atoms with Crippen LogP contribution in [0.25, 0.3) is 0 Å². The molecule has 0 aliphatic heterocycles. The van der Waals surface area contributed by atoms with Crippen molar-refractivity contribution in [3.05, 3.63) is 35.9 Å². The Labute approximate surface area is 120 Å². The monoisotopic (exact) mass is 276 g/mol. The highest BCUT2D eigenvalue weighted by atomic mass is 16.3. The summed E-state index contributed by atoms with van der Waals surface area (Å²) in [6.45, 7) is 0.673. The number of rotatable bonds is 6. The molecule has 110 valence electrons. The second kappa shape index (κ2) is 6.86. The SMILES string of the molecule is N[C@@H](Cc1ccccc1)C(=O)NCC1(CO)CCCC1. The van der Waals surface area contributed by atoms with Gasteiger partial charge in [0.25, 0.3) is 0 Å². The number of nitrogens with one attached hydrogen (secondary N) is 1. The summed E-state index contributed by atoms with van der Waals surface area (Å²) in [6, 6.07) is 9.24. The first-order chi connectivity index (χ1) is 9.65. The van der Waals surface area contributed by atoms with Gasteiger partial charge in [-0.15, -0.1) is 0 Å². The number of carbonyl (C=O) groups excluding carboxylic acids is 1. The largest absolute Gasteiger partial charge is 0.396 e. The molecule has 4 heteroatoms. The normalized spacial score (nSPS) is 18.7. The van der Waals surface area contributed by atoms with E-state index in [-0.39, 0.29) is 17.9 Å². The summed E-state index contributed by atoms with van der Waals surface area (Å²) in [5, 5.41) is 12.4. The summed E-state index contributed by atoms with van der Waals surface area (Å²) in [5.41, 5.74) is 6.88. The van der Waals surface area contributed by atoms with Gasteiger partial charge in [-0.3, -0.25) is 4.79 Å². The summed E-state index contributed by atoms with van der Waals surface area (Å²) in [5.74, 6) is -0.131.